The Labute approximate surface area is 88.2 Å². The SMILES string of the molecule is CC.Cc1sc2ccccc2c1Cl. The van der Waals surface area contributed by atoms with Crippen molar-refractivity contribution >= 4 is 33.0 Å². The highest BCUT2D eigenvalue weighted by Gasteiger charge is 2.03. The van der Waals surface area contributed by atoms with Crippen molar-refractivity contribution in [3.63, 3.8) is 0 Å². The summed E-state index contributed by atoms with van der Waals surface area (Å²) in [6.07, 6.45) is 0. The Kier molecular flexibility index (Phi) is 3.76. The molecule has 0 saturated carbocycles. The number of thiophene rings is 1. The first-order valence-electron chi connectivity index (χ1n) is 4.42. The van der Waals surface area contributed by atoms with Gasteiger partial charge in [-0.2, -0.15) is 0 Å². The standard InChI is InChI=1S/C9H7ClS.C2H6/c1-6-9(10)7-4-2-3-5-8(7)11-6;1-2/h2-5H,1H3;1-2H3. The quantitative estimate of drug-likeness (QED) is 0.583. The van der Waals surface area contributed by atoms with Gasteiger partial charge in [0, 0.05) is 15.0 Å². The van der Waals surface area contributed by atoms with Crippen molar-refractivity contribution < 1.29 is 0 Å². The minimum Gasteiger partial charge on any atom is -0.139 e. The summed E-state index contributed by atoms with van der Waals surface area (Å²) in [6, 6.07) is 8.20. The molecule has 0 N–H and O–H groups in total. The molecule has 70 valence electrons. The lowest BCUT2D eigenvalue weighted by molar-refractivity contribution is 1.50. The van der Waals surface area contributed by atoms with E-state index in [1.165, 1.54) is 15.0 Å². The van der Waals surface area contributed by atoms with Gasteiger partial charge in [0.1, 0.15) is 0 Å². The van der Waals surface area contributed by atoms with E-state index in [-0.39, 0.29) is 0 Å². The number of halogens is 1. The van der Waals surface area contributed by atoms with Crippen LogP contribution in [0.2, 0.25) is 5.02 Å². The van der Waals surface area contributed by atoms with Crippen LogP contribution in [0.5, 0.6) is 0 Å². The van der Waals surface area contributed by atoms with Crippen molar-refractivity contribution in [3.8, 4) is 0 Å². The largest absolute Gasteiger partial charge is 0.139 e. The maximum absolute atomic E-state index is 6.05. The highest BCUT2D eigenvalue weighted by molar-refractivity contribution is 7.19. The van der Waals surface area contributed by atoms with Gasteiger partial charge in [-0.05, 0) is 13.0 Å². The third kappa shape index (κ3) is 2.04. The van der Waals surface area contributed by atoms with E-state index in [2.05, 4.69) is 12.1 Å². The summed E-state index contributed by atoms with van der Waals surface area (Å²) in [6.45, 7) is 6.05. The van der Waals surface area contributed by atoms with Crippen LogP contribution in [-0.4, -0.2) is 0 Å². The zero-order valence-corrected chi connectivity index (χ0v) is 9.67. The molecule has 2 rings (SSSR count). The van der Waals surface area contributed by atoms with E-state index in [9.17, 15) is 0 Å². The molecule has 0 amide bonds. The van der Waals surface area contributed by atoms with Crippen LogP contribution in [0.1, 0.15) is 18.7 Å². The van der Waals surface area contributed by atoms with Crippen LogP contribution in [0.3, 0.4) is 0 Å². The molecule has 0 fully saturated rings. The van der Waals surface area contributed by atoms with E-state index in [4.69, 9.17) is 11.6 Å². The summed E-state index contributed by atoms with van der Waals surface area (Å²) >= 11 is 7.80. The first-order chi connectivity index (χ1) is 6.29. The van der Waals surface area contributed by atoms with Crippen LogP contribution < -0.4 is 0 Å². The van der Waals surface area contributed by atoms with Crippen molar-refractivity contribution in [2.45, 2.75) is 20.8 Å². The molecule has 0 radical (unpaired) electrons. The van der Waals surface area contributed by atoms with E-state index >= 15 is 0 Å². The van der Waals surface area contributed by atoms with Gasteiger partial charge in [-0.15, -0.1) is 11.3 Å². The molecule has 1 heterocycles. The molecule has 0 atom stereocenters. The average molecular weight is 213 g/mol. The maximum atomic E-state index is 6.05. The lowest BCUT2D eigenvalue weighted by Gasteiger charge is -1.86. The van der Waals surface area contributed by atoms with Crippen LogP contribution in [0, 0.1) is 6.92 Å². The van der Waals surface area contributed by atoms with Gasteiger partial charge in [0.15, 0.2) is 0 Å². The average Bonchev–Trinajstić information content (AvgIpc) is 2.47. The zero-order chi connectivity index (χ0) is 9.84. The van der Waals surface area contributed by atoms with Gasteiger partial charge in [-0.25, -0.2) is 0 Å². The first kappa shape index (κ1) is 10.6. The summed E-state index contributed by atoms with van der Waals surface area (Å²) in [5.41, 5.74) is 0. The van der Waals surface area contributed by atoms with Crippen LogP contribution in [-0.2, 0) is 0 Å². The molecule has 0 bridgehead atoms. The molecule has 0 aliphatic heterocycles. The molecule has 0 aliphatic rings. The first-order valence-corrected chi connectivity index (χ1v) is 5.62. The van der Waals surface area contributed by atoms with Crippen molar-refractivity contribution in [2.75, 3.05) is 0 Å². The van der Waals surface area contributed by atoms with E-state index < -0.39 is 0 Å². The van der Waals surface area contributed by atoms with Crippen LogP contribution >= 0.6 is 22.9 Å². The molecule has 0 unspecified atom stereocenters. The predicted octanol–water partition coefficient (Wildman–Crippen LogP) is 4.89. The maximum Gasteiger partial charge on any atom is 0.0620 e. The topological polar surface area (TPSA) is 0 Å². The summed E-state index contributed by atoms with van der Waals surface area (Å²) < 4.78 is 1.27. The third-order valence-corrected chi connectivity index (χ3v) is 3.38. The van der Waals surface area contributed by atoms with Crippen LogP contribution in [0.25, 0.3) is 10.1 Å². The molecule has 1 aromatic heterocycles. The Morgan fingerprint density at radius 2 is 1.77 bits per heavy atom. The smallest absolute Gasteiger partial charge is 0.0620 e. The molecule has 1 aromatic carbocycles. The second-order valence-corrected chi connectivity index (χ2v) is 4.10. The van der Waals surface area contributed by atoms with Crippen molar-refractivity contribution in [1.29, 1.82) is 0 Å². The normalized spacial score (nSPS) is 9.54. The fourth-order valence-electron chi connectivity index (χ4n) is 1.14. The second kappa shape index (κ2) is 4.64. The molecule has 0 aliphatic carbocycles. The molecule has 0 spiro atoms. The molecule has 0 saturated heterocycles. The van der Waals surface area contributed by atoms with Crippen LogP contribution in [0.4, 0.5) is 0 Å². The summed E-state index contributed by atoms with van der Waals surface area (Å²) in [7, 11) is 0. The Bertz CT molecular complexity index is 390. The lowest BCUT2D eigenvalue weighted by atomic mass is 10.2. The molecular formula is C11H13ClS. The lowest BCUT2D eigenvalue weighted by Crippen LogP contribution is -1.61. The molecule has 0 nitrogen and oxygen atoms in total. The van der Waals surface area contributed by atoms with Gasteiger partial charge in [0.25, 0.3) is 0 Å². The Morgan fingerprint density at radius 1 is 1.15 bits per heavy atom. The van der Waals surface area contributed by atoms with Gasteiger partial charge in [0.2, 0.25) is 0 Å². The van der Waals surface area contributed by atoms with E-state index in [1.54, 1.807) is 11.3 Å². The zero-order valence-electron chi connectivity index (χ0n) is 8.10. The number of aryl methyl sites for hydroxylation is 1. The van der Waals surface area contributed by atoms with Gasteiger partial charge in [-0.1, -0.05) is 43.6 Å². The van der Waals surface area contributed by atoms with Gasteiger partial charge in [0.05, 0.1) is 5.02 Å². The highest BCUT2D eigenvalue weighted by atomic mass is 35.5. The van der Waals surface area contributed by atoms with Crippen molar-refractivity contribution in [3.05, 3.63) is 34.2 Å². The van der Waals surface area contributed by atoms with Gasteiger partial charge < -0.3 is 0 Å². The molecule has 2 heteroatoms. The minimum atomic E-state index is 0.908. The molecule has 2 aromatic rings. The van der Waals surface area contributed by atoms with Crippen molar-refractivity contribution in [1.82, 2.24) is 0 Å². The Balaban J connectivity index is 0.000000396. The predicted molar refractivity (Wildman–Crippen MR) is 62.9 cm³/mol. The monoisotopic (exact) mass is 212 g/mol. The molecular weight excluding hydrogens is 200 g/mol. The Morgan fingerprint density at radius 3 is 2.38 bits per heavy atom. The number of hydrogen-bond acceptors (Lipinski definition) is 1. The minimum absolute atomic E-state index is 0.908. The Hall–Kier alpha value is -0.530. The fraction of sp³-hybridized carbons (Fsp3) is 0.273. The van der Waals surface area contributed by atoms with E-state index in [1.807, 2.05) is 32.9 Å². The number of fused-ring (bicyclic) bond motifs is 1. The second-order valence-electron chi connectivity index (χ2n) is 2.47. The van der Waals surface area contributed by atoms with Gasteiger partial charge in [-0.3, -0.25) is 0 Å². The fourth-order valence-corrected chi connectivity index (χ4v) is 2.43. The van der Waals surface area contributed by atoms with E-state index in [0.717, 1.165) is 5.02 Å². The summed E-state index contributed by atoms with van der Waals surface area (Å²) in [5, 5.41) is 2.09. The highest BCUT2D eigenvalue weighted by Crippen LogP contribution is 2.33. The number of hydrogen-bond donors (Lipinski definition) is 0. The summed E-state index contributed by atoms with van der Waals surface area (Å²) in [4.78, 5) is 1.20. The van der Waals surface area contributed by atoms with E-state index in [0.29, 0.717) is 0 Å². The van der Waals surface area contributed by atoms with Crippen molar-refractivity contribution in [2.24, 2.45) is 0 Å². The molecule has 13 heavy (non-hydrogen) atoms. The van der Waals surface area contributed by atoms with Crippen LogP contribution in [0.15, 0.2) is 24.3 Å². The number of benzene rings is 1. The number of rotatable bonds is 0. The summed E-state index contributed by atoms with van der Waals surface area (Å²) in [5.74, 6) is 0. The van der Waals surface area contributed by atoms with Gasteiger partial charge >= 0.3 is 0 Å². The third-order valence-electron chi connectivity index (χ3n) is 1.70.